The summed E-state index contributed by atoms with van der Waals surface area (Å²) >= 11 is 0. The maximum atomic E-state index is 12.2. The Morgan fingerprint density at radius 3 is 2.70 bits per heavy atom. The van der Waals surface area contributed by atoms with E-state index in [1.807, 2.05) is 6.07 Å². The Balaban J connectivity index is 1.36. The highest BCUT2D eigenvalue weighted by Crippen LogP contribution is 2.33. The summed E-state index contributed by atoms with van der Waals surface area (Å²) in [5.41, 5.74) is 2.56. The minimum absolute atomic E-state index is 0.213. The quantitative estimate of drug-likeness (QED) is 0.824. The maximum Gasteiger partial charge on any atom is 0.235 e. The predicted molar refractivity (Wildman–Crippen MR) is 98.9 cm³/mol. The van der Waals surface area contributed by atoms with Crippen LogP contribution in [0.3, 0.4) is 0 Å². The fraction of sp³-hybridized carbons (Fsp3) is 0.550. The van der Waals surface area contributed by atoms with E-state index in [0.29, 0.717) is 24.1 Å². The first-order chi connectivity index (χ1) is 13.1. The summed E-state index contributed by atoms with van der Waals surface area (Å²) in [6, 6.07) is 6.13. The molecule has 3 fully saturated rings. The van der Waals surface area contributed by atoms with E-state index in [2.05, 4.69) is 39.5 Å². The first-order valence-corrected chi connectivity index (χ1v) is 9.69. The first kappa shape index (κ1) is 16.9. The first-order valence-electron chi connectivity index (χ1n) is 9.69. The van der Waals surface area contributed by atoms with Gasteiger partial charge in [0.1, 0.15) is 5.69 Å². The zero-order chi connectivity index (χ0) is 18.5. The summed E-state index contributed by atoms with van der Waals surface area (Å²) in [6.07, 6.45) is 0.828. The molecule has 1 N–H and O–H groups in total. The minimum atomic E-state index is -0.416. The number of amides is 2. The molecule has 2 amide bonds. The summed E-state index contributed by atoms with van der Waals surface area (Å²) in [6.45, 7) is 5.61. The number of hydrogen-bond donors (Lipinski definition) is 1. The topological polar surface area (TPSA) is 78.7 Å². The molecule has 1 aromatic heterocycles. The molecule has 5 rings (SSSR count). The predicted octanol–water partition coefficient (Wildman–Crippen LogP) is 1.34. The molecule has 27 heavy (non-hydrogen) atoms. The summed E-state index contributed by atoms with van der Waals surface area (Å²) in [5.74, 6) is 0.667. The lowest BCUT2D eigenvalue weighted by Gasteiger charge is -2.20. The smallest absolute Gasteiger partial charge is 0.235 e. The highest BCUT2D eigenvalue weighted by Gasteiger charge is 2.38. The number of nitrogens with one attached hydrogen (secondary N) is 1. The molecule has 0 spiro atoms. The summed E-state index contributed by atoms with van der Waals surface area (Å²) in [5, 5.41) is 7.46. The molecule has 3 aliphatic rings. The number of likely N-dealkylation sites (tertiary alicyclic amines) is 2. The number of aromatic nitrogens is 1. The maximum absolute atomic E-state index is 12.2. The van der Waals surface area contributed by atoms with E-state index in [9.17, 15) is 9.59 Å². The van der Waals surface area contributed by atoms with Gasteiger partial charge in [0.05, 0.1) is 5.92 Å². The molecule has 7 heteroatoms. The molecule has 0 aliphatic carbocycles. The second kappa shape index (κ2) is 6.42. The van der Waals surface area contributed by atoms with Gasteiger partial charge in [-0.05, 0) is 43.0 Å². The van der Waals surface area contributed by atoms with Crippen LogP contribution in [0, 0.1) is 11.8 Å². The van der Waals surface area contributed by atoms with Crippen molar-refractivity contribution in [2.75, 3.05) is 33.2 Å². The van der Waals surface area contributed by atoms with E-state index in [4.69, 9.17) is 4.52 Å². The van der Waals surface area contributed by atoms with Gasteiger partial charge in [0.2, 0.25) is 11.8 Å². The third-order valence-electron chi connectivity index (χ3n) is 6.28. The van der Waals surface area contributed by atoms with Crippen LogP contribution < -0.4 is 5.32 Å². The molecular formula is C20H24N4O3. The number of nitrogens with zero attached hydrogens (tertiary/aromatic N) is 3. The van der Waals surface area contributed by atoms with Crippen molar-refractivity contribution in [3.63, 3.8) is 0 Å². The van der Waals surface area contributed by atoms with Crippen molar-refractivity contribution in [1.82, 2.24) is 20.3 Å². The van der Waals surface area contributed by atoms with Crippen LogP contribution in [0.5, 0.6) is 0 Å². The molecule has 142 valence electrons. The van der Waals surface area contributed by atoms with Crippen LogP contribution in [-0.4, -0.2) is 60.0 Å². The molecule has 4 heterocycles. The monoisotopic (exact) mass is 368 g/mol. The molecule has 0 radical (unpaired) electrons. The summed E-state index contributed by atoms with van der Waals surface area (Å²) < 4.78 is 5.44. The number of rotatable bonds is 3. The van der Waals surface area contributed by atoms with E-state index in [-0.39, 0.29) is 11.8 Å². The Kier molecular flexibility index (Phi) is 4.02. The fourth-order valence-corrected chi connectivity index (χ4v) is 5.02. The number of carbonyl (C=O) groups excluding carboxylic acids is 2. The van der Waals surface area contributed by atoms with Crippen molar-refractivity contribution in [2.45, 2.75) is 25.3 Å². The average molecular weight is 368 g/mol. The zero-order valence-corrected chi connectivity index (χ0v) is 15.5. The van der Waals surface area contributed by atoms with Gasteiger partial charge in [0, 0.05) is 44.5 Å². The van der Waals surface area contributed by atoms with Gasteiger partial charge >= 0.3 is 0 Å². The van der Waals surface area contributed by atoms with Gasteiger partial charge in [-0.15, -0.1) is 0 Å². The minimum Gasteiger partial charge on any atom is -0.356 e. The number of piperidine rings is 1. The van der Waals surface area contributed by atoms with Crippen molar-refractivity contribution >= 4 is 22.8 Å². The van der Waals surface area contributed by atoms with Crippen molar-refractivity contribution in [1.29, 1.82) is 0 Å². The number of hydrogen-bond acceptors (Lipinski definition) is 6. The van der Waals surface area contributed by atoms with Crippen molar-refractivity contribution in [3.05, 3.63) is 29.5 Å². The molecule has 3 aliphatic heterocycles. The SMILES string of the molecule is CN1CC2CN(Cc3ccc4onc(C5CCC(=O)NC5=O)c4c3)C[C@@H]2C1. The van der Waals surface area contributed by atoms with E-state index in [1.165, 1.54) is 18.7 Å². The second-order valence-corrected chi connectivity index (χ2v) is 8.34. The molecule has 3 atom stereocenters. The molecule has 1 aromatic carbocycles. The normalized spacial score (nSPS) is 29.4. The third-order valence-corrected chi connectivity index (χ3v) is 6.28. The van der Waals surface area contributed by atoms with Crippen molar-refractivity contribution in [3.8, 4) is 0 Å². The number of imide groups is 1. The number of benzene rings is 1. The van der Waals surface area contributed by atoms with Crippen molar-refractivity contribution < 1.29 is 14.1 Å². The van der Waals surface area contributed by atoms with Crippen LogP contribution in [0.25, 0.3) is 11.0 Å². The Morgan fingerprint density at radius 1 is 1.19 bits per heavy atom. The Hall–Kier alpha value is -2.25. The van der Waals surface area contributed by atoms with Gasteiger partial charge in [-0.3, -0.25) is 19.8 Å². The lowest BCUT2D eigenvalue weighted by Crippen LogP contribution is -2.39. The van der Waals surface area contributed by atoms with Crippen LogP contribution >= 0.6 is 0 Å². The molecule has 2 aromatic rings. The van der Waals surface area contributed by atoms with E-state index < -0.39 is 5.92 Å². The molecule has 3 saturated heterocycles. The molecule has 2 unspecified atom stereocenters. The molecule has 7 nitrogen and oxygen atoms in total. The lowest BCUT2D eigenvalue weighted by molar-refractivity contribution is -0.134. The van der Waals surface area contributed by atoms with Gasteiger partial charge < -0.3 is 9.42 Å². The van der Waals surface area contributed by atoms with E-state index >= 15 is 0 Å². The van der Waals surface area contributed by atoms with Crippen LogP contribution in [0.15, 0.2) is 22.7 Å². The van der Waals surface area contributed by atoms with Gasteiger partial charge in [-0.2, -0.15) is 0 Å². The highest BCUT2D eigenvalue weighted by molar-refractivity contribution is 6.02. The van der Waals surface area contributed by atoms with E-state index in [1.54, 1.807) is 0 Å². The summed E-state index contributed by atoms with van der Waals surface area (Å²) in [7, 11) is 2.21. The van der Waals surface area contributed by atoms with Crippen molar-refractivity contribution in [2.24, 2.45) is 11.8 Å². The standard InChI is InChI=1S/C20H24N4O3/c1-23-8-13-10-24(11-14(13)9-23)7-12-2-4-17-16(6-12)19(22-27-17)15-3-5-18(25)21-20(15)26/h2,4,6,13-15H,3,5,7-11H2,1H3,(H,21,25,26)/t13-,14?,15?/m0/s1. The second-order valence-electron chi connectivity index (χ2n) is 8.34. The zero-order valence-electron chi connectivity index (χ0n) is 15.5. The van der Waals surface area contributed by atoms with Gasteiger partial charge in [0.15, 0.2) is 5.58 Å². The Labute approximate surface area is 157 Å². The van der Waals surface area contributed by atoms with Crippen LogP contribution in [0.2, 0.25) is 0 Å². The molecule has 0 bridgehead atoms. The number of carbonyl (C=O) groups is 2. The highest BCUT2D eigenvalue weighted by atomic mass is 16.5. The van der Waals surface area contributed by atoms with Gasteiger partial charge in [-0.25, -0.2) is 0 Å². The largest absolute Gasteiger partial charge is 0.356 e. The van der Waals surface area contributed by atoms with Crippen LogP contribution in [0.4, 0.5) is 0 Å². The summed E-state index contributed by atoms with van der Waals surface area (Å²) in [4.78, 5) is 28.6. The molecule has 0 saturated carbocycles. The van der Waals surface area contributed by atoms with E-state index in [0.717, 1.165) is 36.9 Å². The average Bonchev–Trinajstić information content (AvgIpc) is 3.27. The Bertz CT molecular complexity index is 894. The third kappa shape index (κ3) is 3.04. The fourth-order valence-electron chi connectivity index (χ4n) is 5.02. The van der Waals surface area contributed by atoms with Gasteiger partial charge in [0.25, 0.3) is 0 Å². The van der Waals surface area contributed by atoms with Gasteiger partial charge in [-0.1, -0.05) is 11.2 Å². The molecular weight excluding hydrogens is 344 g/mol. The van der Waals surface area contributed by atoms with Crippen LogP contribution in [0.1, 0.15) is 30.0 Å². The van der Waals surface area contributed by atoms with Crippen LogP contribution in [-0.2, 0) is 16.1 Å². The Morgan fingerprint density at radius 2 is 1.96 bits per heavy atom. The lowest BCUT2D eigenvalue weighted by atomic mass is 9.92. The number of fused-ring (bicyclic) bond motifs is 2.